The Morgan fingerprint density at radius 1 is 1.44 bits per heavy atom. The molecule has 1 saturated heterocycles. The fourth-order valence-corrected chi connectivity index (χ4v) is 1.90. The van der Waals surface area contributed by atoms with Crippen molar-refractivity contribution in [2.24, 2.45) is 5.41 Å². The zero-order valence-corrected chi connectivity index (χ0v) is 11.0. The smallest absolute Gasteiger partial charge is 0.341 e. The molecular formula is C14H18O4. The molecule has 0 aromatic heterocycles. The number of carbonyl (C=O) groups is 1. The van der Waals surface area contributed by atoms with Gasteiger partial charge in [0.1, 0.15) is 11.3 Å². The molecule has 1 aliphatic heterocycles. The fourth-order valence-electron chi connectivity index (χ4n) is 1.90. The van der Waals surface area contributed by atoms with E-state index in [-0.39, 0.29) is 11.4 Å². The zero-order valence-electron chi connectivity index (χ0n) is 11.0. The van der Waals surface area contributed by atoms with Gasteiger partial charge in [-0.05, 0) is 18.6 Å². The monoisotopic (exact) mass is 250 g/mol. The van der Waals surface area contributed by atoms with Gasteiger partial charge in [0.05, 0.1) is 26.9 Å². The van der Waals surface area contributed by atoms with Crippen molar-refractivity contribution in [3.63, 3.8) is 0 Å². The molecule has 1 aromatic carbocycles. The van der Waals surface area contributed by atoms with Crippen LogP contribution < -0.4 is 4.74 Å². The first-order chi connectivity index (χ1) is 8.56. The molecule has 1 fully saturated rings. The first kappa shape index (κ1) is 12.9. The summed E-state index contributed by atoms with van der Waals surface area (Å²) in [6.45, 7) is 5.97. The second-order valence-electron chi connectivity index (χ2n) is 5.04. The van der Waals surface area contributed by atoms with Gasteiger partial charge in [-0.25, -0.2) is 4.79 Å². The number of carbonyl (C=O) groups excluding carboxylic acids is 1. The molecule has 4 nitrogen and oxygen atoms in total. The van der Waals surface area contributed by atoms with Crippen LogP contribution in [0.1, 0.15) is 22.8 Å². The molecule has 1 aromatic rings. The summed E-state index contributed by atoms with van der Waals surface area (Å²) in [7, 11) is 1.37. The number of aryl methyl sites for hydroxylation is 1. The van der Waals surface area contributed by atoms with Crippen LogP contribution in [0.25, 0.3) is 0 Å². The highest BCUT2D eigenvalue weighted by Crippen LogP contribution is 2.30. The number of rotatable bonds is 4. The number of hydrogen-bond acceptors (Lipinski definition) is 4. The van der Waals surface area contributed by atoms with E-state index in [1.54, 1.807) is 6.07 Å². The van der Waals surface area contributed by atoms with E-state index >= 15 is 0 Å². The first-order valence-electron chi connectivity index (χ1n) is 5.94. The molecular weight excluding hydrogens is 232 g/mol. The van der Waals surface area contributed by atoms with Crippen LogP contribution in [-0.4, -0.2) is 32.9 Å². The summed E-state index contributed by atoms with van der Waals surface area (Å²) in [4.78, 5) is 11.7. The number of esters is 1. The van der Waals surface area contributed by atoms with Crippen molar-refractivity contribution in [1.82, 2.24) is 0 Å². The number of methoxy groups -OCH3 is 1. The molecule has 0 radical (unpaired) electrons. The third kappa shape index (κ3) is 2.48. The Morgan fingerprint density at radius 2 is 2.17 bits per heavy atom. The van der Waals surface area contributed by atoms with Crippen molar-refractivity contribution in [2.75, 3.05) is 26.9 Å². The van der Waals surface area contributed by atoms with E-state index in [9.17, 15) is 4.79 Å². The lowest BCUT2D eigenvalue weighted by Crippen LogP contribution is -2.44. The molecule has 1 aliphatic rings. The number of para-hydroxylation sites is 1. The highest BCUT2D eigenvalue weighted by molar-refractivity contribution is 5.92. The summed E-state index contributed by atoms with van der Waals surface area (Å²) >= 11 is 0. The lowest BCUT2D eigenvalue weighted by Gasteiger charge is -2.37. The van der Waals surface area contributed by atoms with E-state index in [4.69, 9.17) is 14.2 Å². The normalized spacial score (nSPS) is 16.8. The van der Waals surface area contributed by atoms with Crippen molar-refractivity contribution >= 4 is 5.97 Å². The van der Waals surface area contributed by atoms with Gasteiger partial charge in [0.15, 0.2) is 0 Å². The van der Waals surface area contributed by atoms with Crippen LogP contribution in [0, 0.1) is 12.3 Å². The predicted molar refractivity (Wildman–Crippen MR) is 66.9 cm³/mol. The van der Waals surface area contributed by atoms with Crippen LogP contribution in [0.5, 0.6) is 5.75 Å². The van der Waals surface area contributed by atoms with Gasteiger partial charge in [0.25, 0.3) is 0 Å². The Bertz CT molecular complexity index is 449. The summed E-state index contributed by atoms with van der Waals surface area (Å²) in [5.74, 6) is 0.237. The molecule has 0 atom stereocenters. The minimum Gasteiger partial charge on any atom is -0.492 e. The van der Waals surface area contributed by atoms with E-state index in [1.807, 2.05) is 19.1 Å². The Labute approximate surface area is 107 Å². The van der Waals surface area contributed by atoms with Gasteiger partial charge in [0, 0.05) is 5.41 Å². The van der Waals surface area contributed by atoms with Gasteiger partial charge in [0.2, 0.25) is 0 Å². The second kappa shape index (κ2) is 4.98. The van der Waals surface area contributed by atoms with E-state index in [0.717, 1.165) is 5.56 Å². The van der Waals surface area contributed by atoms with Crippen molar-refractivity contribution < 1.29 is 19.0 Å². The quantitative estimate of drug-likeness (QED) is 0.768. The second-order valence-corrected chi connectivity index (χ2v) is 5.04. The fraction of sp³-hybridized carbons (Fsp3) is 0.500. The summed E-state index contributed by atoms with van der Waals surface area (Å²) in [6.07, 6.45) is 0. The van der Waals surface area contributed by atoms with Crippen LogP contribution in [0.2, 0.25) is 0 Å². The molecule has 98 valence electrons. The van der Waals surface area contributed by atoms with Crippen LogP contribution >= 0.6 is 0 Å². The molecule has 0 aliphatic carbocycles. The third-order valence-corrected chi connectivity index (χ3v) is 3.08. The van der Waals surface area contributed by atoms with Crippen molar-refractivity contribution in [2.45, 2.75) is 13.8 Å². The Hall–Kier alpha value is -1.55. The molecule has 0 unspecified atom stereocenters. The van der Waals surface area contributed by atoms with Gasteiger partial charge in [-0.15, -0.1) is 0 Å². The van der Waals surface area contributed by atoms with Crippen molar-refractivity contribution in [3.05, 3.63) is 29.3 Å². The lowest BCUT2D eigenvalue weighted by molar-refractivity contribution is -0.120. The maximum Gasteiger partial charge on any atom is 0.341 e. The lowest BCUT2D eigenvalue weighted by atomic mass is 9.90. The van der Waals surface area contributed by atoms with E-state index in [1.165, 1.54) is 7.11 Å². The Kier molecular flexibility index (Phi) is 3.57. The minimum absolute atomic E-state index is 0.0513. The van der Waals surface area contributed by atoms with Crippen LogP contribution in [0.15, 0.2) is 18.2 Å². The largest absolute Gasteiger partial charge is 0.492 e. The van der Waals surface area contributed by atoms with Crippen LogP contribution in [0.4, 0.5) is 0 Å². The highest BCUT2D eigenvalue weighted by Gasteiger charge is 2.34. The Balaban J connectivity index is 2.17. The van der Waals surface area contributed by atoms with Crippen molar-refractivity contribution in [3.8, 4) is 5.75 Å². The topological polar surface area (TPSA) is 44.8 Å². The van der Waals surface area contributed by atoms with Crippen molar-refractivity contribution in [1.29, 1.82) is 0 Å². The summed E-state index contributed by atoms with van der Waals surface area (Å²) < 4.78 is 15.8. The molecule has 0 amide bonds. The average Bonchev–Trinajstić information content (AvgIpc) is 2.34. The molecule has 2 rings (SSSR count). The number of benzene rings is 1. The predicted octanol–water partition coefficient (Wildman–Crippen LogP) is 2.20. The van der Waals surface area contributed by atoms with Crippen LogP contribution in [-0.2, 0) is 9.47 Å². The van der Waals surface area contributed by atoms with E-state index in [0.29, 0.717) is 31.1 Å². The minimum atomic E-state index is -0.372. The van der Waals surface area contributed by atoms with Gasteiger partial charge in [-0.1, -0.05) is 19.1 Å². The zero-order chi connectivity index (χ0) is 13.2. The van der Waals surface area contributed by atoms with Crippen LogP contribution in [0.3, 0.4) is 0 Å². The maximum atomic E-state index is 11.7. The molecule has 1 heterocycles. The average molecular weight is 250 g/mol. The molecule has 0 bridgehead atoms. The maximum absolute atomic E-state index is 11.7. The van der Waals surface area contributed by atoms with Gasteiger partial charge in [-0.2, -0.15) is 0 Å². The number of ether oxygens (including phenoxy) is 3. The van der Waals surface area contributed by atoms with E-state index < -0.39 is 0 Å². The molecule has 0 N–H and O–H groups in total. The third-order valence-electron chi connectivity index (χ3n) is 3.08. The molecule has 0 spiro atoms. The summed E-state index contributed by atoms with van der Waals surface area (Å²) in [5.41, 5.74) is 1.46. The molecule has 18 heavy (non-hydrogen) atoms. The van der Waals surface area contributed by atoms with Gasteiger partial charge in [-0.3, -0.25) is 0 Å². The summed E-state index contributed by atoms with van der Waals surface area (Å²) in [5, 5.41) is 0. The molecule has 4 heteroatoms. The molecule has 0 saturated carbocycles. The number of hydrogen-bond donors (Lipinski definition) is 0. The van der Waals surface area contributed by atoms with Gasteiger partial charge < -0.3 is 14.2 Å². The van der Waals surface area contributed by atoms with Gasteiger partial charge >= 0.3 is 5.97 Å². The summed E-state index contributed by atoms with van der Waals surface area (Å²) in [6, 6.07) is 5.46. The Morgan fingerprint density at radius 3 is 2.72 bits per heavy atom. The van der Waals surface area contributed by atoms with E-state index in [2.05, 4.69) is 6.92 Å². The standard InChI is InChI=1S/C14H18O4/c1-10-5-4-6-11(13(15)16-3)12(10)18-9-14(2)7-17-8-14/h4-6H,7-9H2,1-3H3. The first-order valence-corrected chi connectivity index (χ1v) is 5.94. The highest BCUT2D eigenvalue weighted by atomic mass is 16.5. The SMILES string of the molecule is COC(=O)c1cccc(C)c1OCC1(C)COC1.